The highest BCUT2D eigenvalue weighted by Gasteiger charge is 2.49. The van der Waals surface area contributed by atoms with Gasteiger partial charge >= 0.3 is 0 Å². The second-order valence-electron chi connectivity index (χ2n) is 12.8. The Morgan fingerprint density at radius 1 is 1.09 bits per heavy atom. The van der Waals surface area contributed by atoms with Crippen LogP contribution >= 0.6 is 0 Å². The molecule has 0 N–H and O–H groups in total. The maximum absolute atomic E-state index is 12.0. The number of hydrogen-bond acceptors (Lipinski definition) is 2. The van der Waals surface area contributed by atoms with Gasteiger partial charge in [0.2, 0.25) is 8.32 Å². The molecule has 34 heavy (non-hydrogen) atoms. The van der Waals surface area contributed by atoms with Gasteiger partial charge in [0.05, 0.1) is 6.10 Å². The zero-order chi connectivity index (χ0) is 25.3. The average Bonchev–Trinajstić information content (AvgIpc) is 3.13. The third kappa shape index (κ3) is 4.98. The fraction of sp³-hybridized carbons (Fsp3) is 0.774. The van der Waals surface area contributed by atoms with Crippen molar-refractivity contribution in [3.63, 3.8) is 0 Å². The van der Waals surface area contributed by atoms with Crippen molar-refractivity contribution < 1.29 is 9.22 Å². The van der Waals surface area contributed by atoms with E-state index < -0.39 is 8.32 Å². The predicted molar refractivity (Wildman–Crippen MR) is 148 cm³/mol. The van der Waals surface area contributed by atoms with Gasteiger partial charge in [0.25, 0.3) is 0 Å². The summed E-state index contributed by atoms with van der Waals surface area (Å²) in [5, 5.41) is 0. The molecule has 3 saturated carbocycles. The second kappa shape index (κ2) is 11.0. The molecule has 192 valence electrons. The second-order valence-corrected chi connectivity index (χ2v) is 18.2. The number of hydrogen-bond donors (Lipinski definition) is 0. The van der Waals surface area contributed by atoms with Gasteiger partial charge in [-0.2, -0.15) is 0 Å². The van der Waals surface area contributed by atoms with Crippen LogP contribution in [-0.4, -0.2) is 20.7 Å². The van der Waals surface area contributed by atoms with Crippen LogP contribution in [0.4, 0.5) is 0 Å². The minimum Gasteiger partial charge on any atom is -0.413 e. The van der Waals surface area contributed by atoms with Gasteiger partial charge in [-0.1, -0.05) is 86.1 Å². The van der Waals surface area contributed by atoms with E-state index in [1.807, 2.05) is 0 Å². The van der Waals surface area contributed by atoms with Crippen molar-refractivity contribution in [2.45, 2.75) is 129 Å². The molecule has 3 heteroatoms. The van der Waals surface area contributed by atoms with E-state index in [1.54, 1.807) is 5.57 Å². The maximum atomic E-state index is 12.0. The van der Waals surface area contributed by atoms with Crippen LogP contribution in [0.15, 0.2) is 35.5 Å². The summed E-state index contributed by atoms with van der Waals surface area (Å²) in [6, 6.07) is 0. The number of carbonyl (C=O) groups excluding carboxylic acids is 1. The lowest BCUT2D eigenvalue weighted by atomic mass is 9.63. The van der Waals surface area contributed by atoms with Crippen molar-refractivity contribution in [1.29, 1.82) is 0 Å². The van der Waals surface area contributed by atoms with Crippen molar-refractivity contribution in [3.05, 3.63) is 35.5 Å². The van der Waals surface area contributed by atoms with E-state index in [4.69, 9.17) is 4.43 Å². The molecule has 3 rings (SSSR count). The van der Waals surface area contributed by atoms with Crippen molar-refractivity contribution in [3.8, 4) is 0 Å². The van der Waals surface area contributed by atoms with E-state index in [-0.39, 0.29) is 12.0 Å². The molecular weight excluding hydrogens is 432 g/mol. The fourth-order valence-corrected chi connectivity index (χ4v) is 14.0. The van der Waals surface area contributed by atoms with Crippen molar-refractivity contribution >= 4 is 14.6 Å². The minimum atomic E-state index is -1.99. The molecule has 1 unspecified atom stereocenters. The predicted octanol–water partition coefficient (Wildman–Crippen LogP) is 9.19. The number of aldehydes is 1. The van der Waals surface area contributed by atoms with Crippen LogP contribution in [0.2, 0.25) is 16.6 Å². The van der Waals surface area contributed by atoms with Gasteiger partial charge < -0.3 is 9.22 Å². The number of carbonyl (C=O) groups is 1. The first-order valence-electron chi connectivity index (χ1n) is 14.2. The lowest BCUT2D eigenvalue weighted by Gasteiger charge is -2.46. The first-order chi connectivity index (χ1) is 16.0. The molecule has 0 heterocycles. The topological polar surface area (TPSA) is 26.3 Å². The highest BCUT2D eigenvalue weighted by Crippen LogP contribution is 2.58. The third-order valence-corrected chi connectivity index (χ3v) is 16.4. The van der Waals surface area contributed by atoms with Gasteiger partial charge in [-0.05, 0) is 90.0 Å². The molecule has 0 saturated heterocycles. The van der Waals surface area contributed by atoms with Crippen LogP contribution in [0.5, 0.6) is 0 Å². The van der Waals surface area contributed by atoms with Crippen molar-refractivity contribution in [2.75, 3.05) is 0 Å². The van der Waals surface area contributed by atoms with E-state index >= 15 is 0 Å². The van der Waals surface area contributed by atoms with Crippen LogP contribution in [0.25, 0.3) is 0 Å². The Morgan fingerprint density at radius 2 is 1.74 bits per heavy atom. The Bertz CT molecular complexity index is 782. The molecule has 0 aliphatic heterocycles. The van der Waals surface area contributed by atoms with E-state index in [0.29, 0.717) is 22.0 Å². The standard InChI is InChI=1S/C31H52O2Si/c1-10-28-15-16-30-25(12-11-17-31(28,30)9)13-14-26-18-29(19-27(20-32)24(26)8)33-34(21(2)3,22(4)5)23(6)7/h13-14,20-23,27-30H,8,10-12,15-19H2,1-7,9H3/b25-13+,26-14-/t27?,28-,29+,30-,31+/m0/s1. The summed E-state index contributed by atoms with van der Waals surface area (Å²) >= 11 is 0. The van der Waals surface area contributed by atoms with Gasteiger partial charge in [-0.15, -0.1) is 0 Å². The van der Waals surface area contributed by atoms with Crippen LogP contribution in [0.3, 0.4) is 0 Å². The van der Waals surface area contributed by atoms with E-state index in [0.717, 1.165) is 36.5 Å². The molecule has 2 nitrogen and oxygen atoms in total. The van der Waals surface area contributed by atoms with Gasteiger partial charge in [0.1, 0.15) is 6.29 Å². The van der Waals surface area contributed by atoms with E-state index in [1.165, 1.54) is 44.1 Å². The Balaban J connectivity index is 1.88. The molecule has 0 aromatic heterocycles. The molecule has 3 fully saturated rings. The number of allylic oxidation sites excluding steroid dienone is 4. The summed E-state index contributed by atoms with van der Waals surface area (Å²) in [4.78, 5) is 12.0. The highest BCUT2D eigenvalue weighted by atomic mass is 28.4. The lowest BCUT2D eigenvalue weighted by Crippen LogP contribution is -2.51. The maximum Gasteiger partial charge on any atom is 0.200 e. The molecule has 0 aromatic rings. The molecule has 5 atom stereocenters. The van der Waals surface area contributed by atoms with Gasteiger partial charge in [0, 0.05) is 5.92 Å². The minimum absolute atomic E-state index is 0.117. The first-order valence-corrected chi connectivity index (χ1v) is 16.4. The Morgan fingerprint density at radius 3 is 2.29 bits per heavy atom. The summed E-state index contributed by atoms with van der Waals surface area (Å²) in [5.41, 5.74) is 6.05. The average molecular weight is 485 g/mol. The molecule has 0 amide bonds. The summed E-state index contributed by atoms with van der Waals surface area (Å²) in [7, 11) is -1.99. The van der Waals surface area contributed by atoms with Crippen LogP contribution in [-0.2, 0) is 9.22 Å². The molecular formula is C31H52O2Si. The molecule has 0 radical (unpaired) electrons. The third-order valence-electron chi connectivity index (χ3n) is 10.2. The van der Waals surface area contributed by atoms with E-state index in [9.17, 15) is 4.79 Å². The van der Waals surface area contributed by atoms with Crippen LogP contribution in [0.1, 0.15) is 107 Å². The van der Waals surface area contributed by atoms with Crippen molar-refractivity contribution in [1.82, 2.24) is 0 Å². The molecule has 3 aliphatic carbocycles. The highest BCUT2D eigenvalue weighted by molar-refractivity contribution is 6.77. The summed E-state index contributed by atoms with van der Waals surface area (Å²) in [6.45, 7) is 23.4. The van der Waals surface area contributed by atoms with Gasteiger partial charge in [0.15, 0.2) is 0 Å². The zero-order valence-corrected chi connectivity index (χ0v) is 24.5. The number of rotatable bonds is 8. The van der Waals surface area contributed by atoms with Crippen molar-refractivity contribution in [2.24, 2.45) is 23.2 Å². The summed E-state index contributed by atoms with van der Waals surface area (Å²) in [6.07, 6.45) is 15.6. The van der Waals surface area contributed by atoms with Gasteiger partial charge in [-0.3, -0.25) is 0 Å². The fourth-order valence-electron chi connectivity index (χ4n) is 8.45. The monoisotopic (exact) mass is 484 g/mol. The normalized spacial score (nSPS) is 35.1. The molecule has 0 aromatic carbocycles. The first kappa shape index (κ1) is 27.7. The largest absolute Gasteiger partial charge is 0.413 e. The molecule has 0 spiro atoms. The Hall–Kier alpha value is -0.933. The molecule has 3 aliphatic rings. The van der Waals surface area contributed by atoms with E-state index in [2.05, 4.69) is 74.1 Å². The smallest absolute Gasteiger partial charge is 0.200 e. The summed E-state index contributed by atoms with van der Waals surface area (Å²) < 4.78 is 7.16. The van der Waals surface area contributed by atoms with Gasteiger partial charge in [-0.25, -0.2) is 0 Å². The van der Waals surface area contributed by atoms with Crippen LogP contribution < -0.4 is 0 Å². The SMILES string of the molecule is C=C1/C(=C\C=C2/CCC[C@]3(C)[C@@H](CC)CC[C@@H]23)C[C@@H](O[Si](C(C)C)(C(C)C)C(C)C)CC1C=O. The molecule has 0 bridgehead atoms. The number of fused-ring (bicyclic) bond motifs is 1. The lowest BCUT2D eigenvalue weighted by molar-refractivity contribution is -0.111. The van der Waals surface area contributed by atoms with Crippen LogP contribution in [0, 0.1) is 23.2 Å². The Kier molecular flexibility index (Phi) is 8.94. The summed E-state index contributed by atoms with van der Waals surface area (Å²) in [5.74, 6) is 1.49. The Labute approximate surface area is 211 Å². The zero-order valence-electron chi connectivity index (χ0n) is 23.5. The quantitative estimate of drug-likeness (QED) is 0.253.